The molecule has 112 valence electrons. The molecule has 1 amide bonds. The Morgan fingerprint density at radius 3 is 2.76 bits per heavy atom. The summed E-state index contributed by atoms with van der Waals surface area (Å²) >= 11 is 0. The lowest BCUT2D eigenvalue weighted by Crippen LogP contribution is -2.35. The van der Waals surface area contributed by atoms with Crippen LogP contribution in [-0.4, -0.2) is 26.7 Å². The Morgan fingerprint density at radius 1 is 1.38 bits per heavy atom. The van der Waals surface area contributed by atoms with Gasteiger partial charge in [-0.25, -0.2) is 9.67 Å². The highest BCUT2D eigenvalue weighted by atomic mass is 16.2. The van der Waals surface area contributed by atoms with E-state index >= 15 is 0 Å². The van der Waals surface area contributed by atoms with Gasteiger partial charge in [-0.1, -0.05) is 31.9 Å². The lowest BCUT2D eigenvalue weighted by molar-refractivity contribution is -0.117. The molecule has 0 unspecified atom stereocenters. The fourth-order valence-corrected chi connectivity index (χ4v) is 1.99. The molecule has 0 bridgehead atoms. The van der Waals surface area contributed by atoms with Crippen molar-refractivity contribution in [1.29, 1.82) is 0 Å². The van der Waals surface area contributed by atoms with Crippen molar-refractivity contribution in [3.63, 3.8) is 0 Å². The molecule has 0 aliphatic carbocycles. The van der Waals surface area contributed by atoms with Crippen LogP contribution in [0, 0.1) is 0 Å². The van der Waals surface area contributed by atoms with Crippen molar-refractivity contribution in [2.45, 2.75) is 38.8 Å². The summed E-state index contributed by atoms with van der Waals surface area (Å²) in [4.78, 5) is 15.8. The Hall–Kier alpha value is -2.21. The fraction of sp³-hybridized carbons (Fsp3) is 0.400. The highest BCUT2D eigenvalue weighted by molar-refractivity contribution is 5.94. The maximum Gasteiger partial charge on any atom is 0.241 e. The normalized spacial score (nSPS) is 12.1. The maximum atomic E-state index is 11.9. The molecule has 0 saturated heterocycles. The standard InChI is InChI=1S/C15H21N5O/c1-2-3-4-14(16)15(21)19-13-7-5-12(6-8-13)9-20-11-17-10-18-20/h5-8,10-11,14H,2-4,9,16H2,1H3,(H,19,21)/t14-/m0/s1. The van der Waals surface area contributed by atoms with Crippen molar-refractivity contribution >= 4 is 11.6 Å². The van der Waals surface area contributed by atoms with E-state index in [9.17, 15) is 4.79 Å². The number of benzene rings is 1. The second-order valence-electron chi connectivity index (χ2n) is 5.03. The van der Waals surface area contributed by atoms with Crippen molar-refractivity contribution in [2.24, 2.45) is 5.73 Å². The molecule has 0 fully saturated rings. The number of carbonyl (C=O) groups is 1. The summed E-state index contributed by atoms with van der Waals surface area (Å²) in [6, 6.07) is 7.21. The van der Waals surface area contributed by atoms with Gasteiger partial charge in [-0.2, -0.15) is 5.10 Å². The van der Waals surface area contributed by atoms with E-state index in [-0.39, 0.29) is 5.91 Å². The number of nitrogens with two attached hydrogens (primary N) is 1. The molecule has 21 heavy (non-hydrogen) atoms. The first-order chi connectivity index (χ1) is 10.2. The SMILES string of the molecule is CCCC[C@H](N)C(=O)Nc1ccc(Cn2cncn2)cc1. The van der Waals surface area contributed by atoms with Crippen LogP contribution in [0.3, 0.4) is 0 Å². The van der Waals surface area contributed by atoms with Crippen molar-refractivity contribution in [1.82, 2.24) is 14.8 Å². The van der Waals surface area contributed by atoms with Gasteiger partial charge in [0.2, 0.25) is 5.91 Å². The molecule has 1 aromatic carbocycles. The van der Waals surface area contributed by atoms with Crippen LogP contribution in [0.15, 0.2) is 36.9 Å². The van der Waals surface area contributed by atoms with Crippen molar-refractivity contribution < 1.29 is 4.79 Å². The first kappa shape index (κ1) is 15.2. The Bertz CT molecular complexity index is 550. The summed E-state index contributed by atoms with van der Waals surface area (Å²) in [5, 5.41) is 6.89. The minimum atomic E-state index is -0.445. The van der Waals surface area contributed by atoms with Crippen molar-refractivity contribution in [3.8, 4) is 0 Å². The third kappa shape index (κ3) is 4.68. The van der Waals surface area contributed by atoms with E-state index in [0.717, 1.165) is 24.1 Å². The first-order valence-corrected chi connectivity index (χ1v) is 7.17. The summed E-state index contributed by atoms with van der Waals surface area (Å²) in [5.74, 6) is -0.132. The van der Waals surface area contributed by atoms with Crippen LogP contribution in [0.4, 0.5) is 5.69 Å². The van der Waals surface area contributed by atoms with Gasteiger partial charge >= 0.3 is 0 Å². The molecule has 0 spiro atoms. The molecular weight excluding hydrogens is 266 g/mol. The van der Waals surface area contributed by atoms with Crippen LogP contribution >= 0.6 is 0 Å². The summed E-state index contributed by atoms with van der Waals surface area (Å²) in [6.07, 6.45) is 5.89. The van der Waals surface area contributed by atoms with Gasteiger partial charge in [0.15, 0.2) is 0 Å². The molecule has 0 radical (unpaired) electrons. The number of nitrogens with zero attached hydrogens (tertiary/aromatic N) is 3. The number of amides is 1. The zero-order valence-corrected chi connectivity index (χ0v) is 12.2. The summed E-state index contributed by atoms with van der Waals surface area (Å²) in [5.41, 5.74) is 7.69. The van der Waals surface area contributed by atoms with E-state index in [4.69, 9.17) is 5.73 Å². The van der Waals surface area contributed by atoms with Crippen LogP contribution in [0.2, 0.25) is 0 Å². The third-order valence-electron chi connectivity index (χ3n) is 3.24. The lowest BCUT2D eigenvalue weighted by Gasteiger charge is -2.12. The molecule has 2 aromatic rings. The average Bonchev–Trinajstić information content (AvgIpc) is 2.99. The van der Waals surface area contributed by atoms with E-state index in [0.29, 0.717) is 13.0 Å². The van der Waals surface area contributed by atoms with Gasteiger partial charge < -0.3 is 11.1 Å². The zero-order chi connectivity index (χ0) is 15.1. The number of hydrogen-bond donors (Lipinski definition) is 2. The van der Waals surface area contributed by atoms with Gasteiger partial charge in [-0.05, 0) is 24.1 Å². The Kier molecular flexibility index (Phi) is 5.45. The van der Waals surface area contributed by atoms with E-state index in [2.05, 4.69) is 22.3 Å². The predicted octanol–water partition coefficient (Wildman–Crippen LogP) is 1.78. The van der Waals surface area contributed by atoms with Gasteiger partial charge in [-0.15, -0.1) is 0 Å². The number of rotatable bonds is 7. The topological polar surface area (TPSA) is 85.8 Å². The molecular formula is C15H21N5O. The highest BCUT2D eigenvalue weighted by Crippen LogP contribution is 2.11. The van der Waals surface area contributed by atoms with E-state index in [1.165, 1.54) is 6.33 Å². The Balaban J connectivity index is 1.88. The molecule has 6 nitrogen and oxygen atoms in total. The van der Waals surface area contributed by atoms with Gasteiger partial charge in [0.1, 0.15) is 12.7 Å². The second-order valence-corrected chi connectivity index (χ2v) is 5.03. The van der Waals surface area contributed by atoms with Crippen molar-refractivity contribution in [3.05, 3.63) is 42.5 Å². The number of aromatic nitrogens is 3. The van der Waals surface area contributed by atoms with E-state index in [1.807, 2.05) is 24.3 Å². The number of unbranched alkanes of at least 4 members (excludes halogenated alkanes) is 1. The third-order valence-corrected chi connectivity index (χ3v) is 3.24. The van der Waals surface area contributed by atoms with Crippen LogP contribution in [0.1, 0.15) is 31.7 Å². The molecule has 1 atom stereocenters. The van der Waals surface area contributed by atoms with E-state index < -0.39 is 6.04 Å². The van der Waals surface area contributed by atoms with Crippen LogP contribution < -0.4 is 11.1 Å². The monoisotopic (exact) mass is 287 g/mol. The smallest absolute Gasteiger partial charge is 0.241 e. The second kappa shape index (κ2) is 7.54. The van der Waals surface area contributed by atoms with Crippen LogP contribution in [0.25, 0.3) is 0 Å². The number of carbonyl (C=O) groups excluding carboxylic acids is 1. The molecule has 1 aromatic heterocycles. The van der Waals surface area contributed by atoms with E-state index in [1.54, 1.807) is 11.0 Å². The first-order valence-electron chi connectivity index (χ1n) is 7.17. The summed E-state index contributed by atoms with van der Waals surface area (Å²) in [7, 11) is 0. The minimum absolute atomic E-state index is 0.132. The van der Waals surface area contributed by atoms with Gasteiger partial charge in [0.25, 0.3) is 0 Å². The molecule has 0 aliphatic heterocycles. The molecule has 6 heteroatoms. The van der Waals surface area contributed by atoms with Gasteiger partial charge in [0, 0.05) is 5.69 Å². The quantitative estimate of drug-likeness (QED) is 0.813. The number of anilines is 1. The Morgan fingerprint density at radius 2 is 2.14 bits per heavy atom. The highest BCUT2D eigenvalue weighted by Gasteiger charge is 2.12. The minimum Gasteiger partial charge on any atom is -0.325 e. The van der Waals surface area contributed by atoms with Crippen LogP contribution in [0.5, 0.6) is 0 Å². The van der Waals surface area contributed by atoms with Gasteiger partial charge in [-0.3, -0.25) is 4.79 Å². The predicted molar refractivity (Wildman–Crippen MR) is 81.7 cm³/mol. The Labute approximate surface area is 124 Å². The maximum absolute atomic E-state index is 11.9. The van der Waals surface area contributed by atoms with Crippen molar-refractivity contribution in [2.75, 3.05) is 5.32 Å². The molecule has 0 saturated carbocycles. The molecule has 0 aliphatic rings. The number of hydrogen-bond acceptors (Lipinski definition) is 4. The zero-order valence-electron chi connectivity index (χ0n) is 12.2. The lowest BCUT2D eigenvalue weighted by atomic mass is 10.1. The van der Waals surface area contributed by atoms with Gasteiger partial charge in [0.05, 0.1) is 12.6 Å². The fourth-order valence-electron chi connectivity index (χ4n) is 1.99. The number of nitrogens with one attached hydrogen (secondary N) is 1. The van der Waals surface area contributed by atoms with Crippen LogP contribution in [-0.2, 0) is 11.3 Å². The molecule has 3 N–H and O–H groups in total. The average molecular weight is 287 g/mol. The summed E-state index contributed by atoms with van der Waals surface area (Å²) < 4.78 is 1.74. The largest absolute Gasteiger partial charge is 0.325 e. The molecule has 2 rings (SSSR count). The molecule has 1 heterocycles. The summed E-state index contributed by atoms with van der Waals surface area (Å²) in [6.45, 7) is 2.74.